The Kier molecular flexibility index (Phi) is 3.57. The first-order chi connectivity index (χ1) is 7.25. The van der Waals surface area contributed by atoms with Crippen LogP contribution in [0.4, 0.5) is 0 Å². The van der Waals surface area contributed by atoms with Crippen molar-refractivity contribution in [3.63, 3.8) is 0 Å². The van der Waals surface area contributed by atoms with Crippen molar-refractivity contribution in [2.24, 2.45) is 0 Å². The maximum atomic E-state index is 12.0. The van der Waals surface area contributed by atoms with Gasteiger partial charge in [0.05, 0.1) is 6.42 Å². The molecule has 0 aromatic heterocycles. The molecule has 0 bridgehead atoms. The number of aliphatic carboxylic acids is 1. The number of carboxylic acid groups (broad SMARTS) is 1. The van der Waals surface area contributed by atoms with Crippen molar-refractivity contribution in [1.29, 1.82) is 0 Å². The average molecular weight is 229 g/mol. The highest BCUT2D eigenvalue weighted by molar-refractivity contribution is 5.87. The molecule has 5 nitrogen and oxygen atoms in total. The van der Waals surface area contributed by atoms with Crippen LogP contribution in [0.3, 0.4) is 0 Å². The summed E-state index contributed by atoms with van der Waals surface area (Å²) >= 11 is 0. The maximum absolute atomic E-state index is 12.0. The highest BCUT2D eigenvalue weighted by atomic mass is 16.6. The van der Waals surface area contributed by atoms with Gasteiger partial charge in [-0.15, -0.1) is 0 Å². The lowest BCUT2D eigenvalue weighted by molar-refractivity contribution is -0.165. The van der Waals surface area contributed by atoms with E-state index in [0.717, 1.165) is 6.42 Å². The number of carbonyl (C=O) groups is 2. The van der Waals surface area contributed by atoms with Gasteiger partial charge in [-0.1, -0.05) is 0 Å². The first kappa shape index (κ1) is 13.0. The quantitative estimate of drug-likeness (QED) is 0.704. The second kappa shape index (κ2) is 4.41. The van der Waals surface area contributed by atoms with Gasteiger partial charge in [0, 0.05) is 0 Å². The summed E-state index contributed by atoms with van der Waals surface area (Å²) in [6.45, 7) is 5.98. The van der Waals surface area contributed by atoms with E-state index in [1.165, 1.54) is 0 Å². The Balaban J connectivity index is 2.77. The lowest BCUT2D eigenvalue weighted by atomic mass is 9.93. The number of nitrogens with one attached hydrogen (secondary N) is 1. The molecule has 0 amide bonds. The summed E-state index contributed by atoms with van der Waals surface area (Å²) in [6, 6.07) is 0. The van der Waals surface area contributed by atoms with Gasteiger partial charge in [-0.2, -0.15) is 0 Å². The van der Waals surface area contributed by atoms with Crippen LogP contribution in [-0.4, -0.2) is 34.7 Å². The van der Waals surface area contributed by atoms with E-state index in [2.05, 4.69) is 5.32 Å². The van der Waals surface area contributed by atoms with Gasteiger partial charge in [0.15, 0.2) is 0 Å². The number of ether oxygens (including phenoxy) is 1. The van der Waals surface area contributed by atoms with E-state index >= 15 is 0 Å². The summed E-state index contributed by atoms with van der Waals surface area (Å²) in [5, 5.41) is 11.8. The standard InChI is InChI=1S/C11H19NO4/c1-10(2,3)16-9(15)11(7-8(13)14)5-4-6-12-11/h12H,4-7H2,1-3H3,(H,13,14)/t11-/m0/s1. The van der Waals surface area contributed by atoms with E-state index in [0.29, 0.717) is 13.0 Å². The van der Waals surface area contributed by atoms with Gasteiger partial charge in [0.2, 0.25) is 0 Å². The molecule has 92 valence electrons. The molecule has 1 saturated heterocycles. The van der Waals surface area contributed by atoms with Gasteiger partial charge in [-0.05, 0) is 40.2 Å². The van der Waals surface area contributed by atoms with Crippen molar-refractivity contribution < 1.29 is 19.4 Å². The Morgan fingerprint density at radius 2 is 2.06 bits per heavy atom. The summed E-state index contributed by atoms with van der Waals surface area (Å²) < 4.78 is 5.26. The fraction of sp³-hybridized carbons (Fsp3) is 0.818. The largest absolute Gasteiger partial charge is 0.481 e. The molecule has 0 aromatic rings. The van der Waals surface area contributed by atoms with Gasteiger partial charge in [0.25, 0.3) is 0 Å². The zero-order valence-electron chi connectivity index (χ0n) is 10.0. The summed E-state index contributed by atoms with van der Waals surface area (Å²) in [4.78, 5) is 22.8. The summed E-state index contributed by atoms with van der Waals surface area (Å²) in [5.74, 6) is -1.44. The minimum Gasteiger partial charge on any atom is -0.481 e. The van der Waals surface area contributed by atoms with Crippen LogP contribution >= 0.6 is 0 Å². The summed E-state index contributed by atoms with van der Waals surface area (Å²) in [7, 11) is 0. The highest BCUT2D eigenvalue weighted by Crippen LogP contribution is 2.26. The average Bonchev–Trinajstić information content (AvgIpc) is 2.49. The normalized spacial score (nSPS) is 25.4. The molecule has 1 fully saturated rings. The van der Waals surface area contributed by atoms with Crippen LogP contribution in [0.2, 0.25) is 0 Å². The fourth-order valence-electron chi connectivity index (χ4n) is 1.84. The number of carboxylic acids is 1. The van der Waals surface area contributed by atoms with Crippen molar-refractivity contribution in [2.75, 3.05) is 6.54 Å². The number of rotatable bonds is 3. The molecule has 0 spiro atoms. The molecule has 1 atom stereocenters. The Morgan fingerprint density at radius 3 is 2.44 bits per heavy atom. The number of esters is 1. The Hall–Kier alpha value is -1.10. The minimum atomic E-state index is -1.03. The van der Waals surface area contributed by atoms with E-state index in [9.17, 15) is 9.59 Å². The van der Waals surface area contributed by atoms with E-state index in [1.807, 2.05) is 0 Å². The maximum Gasteiger partial charge on any atom is 0.327 e. The molecule has 0 aromatic carbocycles. The molecule has 0 saturated carbocycles. The predicted octanol–water partition coefficient (Wildman–Crippen LogP) is 0.925. The van der Waals surface area contributed by atoms with Crippen LogP contribution in [0.1, 0.15) is 40.0 Å². The first-order valence-electron chi connectivity index (χ1n) is 5.45. The van der Waals surface area contributed by atoms with Gasteiger partial charge in [-0.25, -0.2) is 0 Å². The van der Waals surface area contributed by atoms with Crippen LogP contribution in [0, 0.1) is 0 Å². The molecular weight excluding hydrogens is 210 g/mol. The number of carbonyl (C=O) groups excluding carboxylic acids is 1. The molecule has 0 aliphatic carbocycles. The third-order valence-electron chi connectivity index (χ3n) is 2.49. The number of hydrogen-bond donors (Lipinski definition) is 2. The van der Waals surface area contributed by atoms with Gasteiger partial charge < -0.3 is 15.2 Å². The van der Waals surface area contributed by atoms with Crippen LogP contribution in [0.15, 0.2) is 0 Å². The smallest absolute Gasteiger partial charge is 0.327 e. The molecule has 1 aliphatic rings. The van der Waals surface area contributed by atoms with E-state index < -0.39 is 23.1 Å². The predicted molar refractivity (Wildman–Crippen MR) is 58.1 cm³/mol. The first-order valence-corrected chi connectivity index (χ1v) is 5.45. The number of hydrogen-bond acceptors (Lipinski definition) is 4. The zero-order chi connectivity index (χ0) is 12.4. The van der Waals surface area contributed by atoms with Crippen molar-refractivity contribution in [2.45, 2.75) is 51.2 Å². The van der Waals surface area contributed by atoms with Crippen LogP contribution in [-0.2, 0) is 14.3 Å². The Labute approximate surface area is 95.2 Å². The third-order valence-corrected chi connectivity index (χ3v) is 2.49. The summed E-state index contributed by atoms with van der Waals surface area (Å²) in [6.07, 6.45) is 1.10. The molecule has 16 heavy (non-hydrogen) atoms. The van der Waals surface area contributed by atoms with Gasteiger partial charge >= 0.3 is 11.9 Å². The lowest BCUT2D eigenvalue weighted by Crippen LogP contribution is -2.52. The van der Waals surface area contributed by atoms with Crippen LogP contribution in [0.25, 0.3) is 0 Å². The second-order valence-electron chi connectivity index (χ2n) is 5.18. The van der Waals surface area contributed by atoms with Crippen molar-refractivity contribution in [3.8, 4) is 0 Å². The second-order valence-corrected chi connectivity index (χ2v) is 5.18. The molecule has 0 radical (unpaired) electrons. The van der Waals surface area contributed by atoms with Gasteiger partial charge in [0.1, 0.15) is 11.1 Å². The minimum absolute atomic E-state index is 0.220. The molecule has 1 aliphatic heterocycles. The van der Waals surface area contributed by atoms with Crippen molar-refractivity contribution in [1.82, 2.24) is 5.32 Å². The summed E-state index contributed by atoms with van der Waals surface area (Å²) in [5.41, 5.74) is -1.62. The highest BCUT2D eigenvalue weighted by Gasteiger charge is 2.45. The van der Waals surface area contributed by atoms with Crippen molar-refractivity contribution >= 4 is 11.9 Å². The molecule has 2 N–H and O–H groups in total. The third kappa shape index (κ3) is 3.20. The van der Waals surface area contributed by atoms with Crippen molar-refractivity contribution in [3.05, 3.63) is 0 Å². The molecular formula is C11H19NO4. The molecule has 5 heteroatoms. The van der Waals surface area contributed by atoms with Gasteiger partial charge in [-0.3, -0.25) is 9.59 Å². The monoisotopic (exact) mass is 229 g/mol. The Morgan fingerprint density at radius 1 is 1.44 bits per heavy atom. The topological polar surface area (TPSA) is 75.6 Å². The molecule has 1 rings (SSSR count). The lowest BCUT2D eigenvalue weighted by Gasteiger charge is -2.30. The van der Waals surface area contributed by atoms with Crippen LogP contribution < -0.4 is 5.32 Å². The SMILES string of the molecule is CC(C)(C)OC(=O)[C@@]1(CC(=O)O)CCCN1. The van der Waals surface area contributed by atoms with E-state index in [1.54, 1.807) is 20.8 Å². The zero-order valence-corrected chi connectivity index (χ0v) is 10.0. The van der Waals surface area contributed by atoms with Crippen LogP contribution in [0.5, 0.6) is 0 Å². The van der Waals surface area contributed by atoms with E-state index in [-0.39, 0.29) is 6.42 Å². The molecule has 1 heterocycles. The Bertz CT molecular complexity index is 287. The fourth-order valence-corrected chi connectivity index (χ4v) is 1.84. The van der Waals surface area contributed by atoms with E-state index in [4.69, 9.17) is 9.84 Å². The molecule has 0 unspecified atom stereocenters.